The molecule has 0 aliphatic carbocycles. The average molecular weight is 361 g/mol. The van der Waals surface area contributed by atoms with E-state index in [1.54, 1.807) is 32.2 Å². The molecule has 0 spiro atoms. The van der Waals surface area contributed by atoms with Crippen molar-refractivity contribution in [3.63, 3.8) is 0 Å². The lowest BCUT2D eigenvalue weighted by atomic mass is 10.2. The molecule has 2 aromatic heterocycles. The Balaban J connectivity index is 1.84. The number of aryl methyl sites for hydroxylation is 2. The summed E-state index contributed by atoms with van der Waals surface area (Å²) in [4.78, 5) is 6.40. The molecule has 2 aromatic rings. The Hall–Kier alpha value is -2.44. The molecule has 3 rings (SSSR count). The zero-order valence-electron chi connectivity index (χ0n) is 14.1. The number of aromatic nitrogens is 2. The first kappa shape index (κ1) is 17.4. The molecule has 132 valence electrons. The van der Waals surface area contributed by atoms with Crippen LogP contribution in [0, 0.1) is 25.2 Å². The lowest BCUT2D eigenvalue weighted by Crippen LogP contribution is -2.36. The van der Waals surface area contributed by atoms with Gasteiger partial charge in [-0.25, -0.2) is 13.4 Å². The van der Waals surface area contributed by atoms with Crippen LogP contribution in [0.3, 0.4) is 0 Å². The highest BCUT2D eigenvalue weighted by Crippen LogP contribution is 2.25. The summed E-state index contributed by atoms with van der Waals surface area (Å²) in [5.74, 6) is 0.900. The van der Waals surface area contributed by atoms with Crippen LogP contribution in [0.2, 0.25) is 0 Å². The third-order valence-electron chi connectivity index (χ3n) is 4.23. The molecule has 0 unspecified atom stereocenters. The predicted octanol–water partition coefficient (Wildman–Crippen LogP) is 1.46. The fraction of sp³-hybridized carbons (Fsp3) is 0.438. The second-order valence-corrected chi connectivity index (χ2v) is 7.76. The fourth-order valence-corrected chi connectivity index (χ4v) is 4.81. The van der Waals surface area contributed by atoms with Gasteiger partial charge in [-0.15, -0.1) is 0 Å². The summed E-state index contributed by atoms with van der Waals surface area (Å²) in [5, 5.41) is 13.0. The molecule has 0 saturated carbocycles. The number of nitriles is 1. The summed E-state index contributed by atoms with van der Waals surface area (Å²) in [5.41, 5.74) is 0.861. The number of anilines is 1. The van der Waals surface area contributed by atoms with E-state index in [0.717, 1.165) is 0 Å². The molecule has 1 fully saturated rings. The number of nitrogens with zero attached hydrogens (tertiary/aromatic N) is 5. The van der Waals surface area contributed by atoms with E-state index < -0.39 is 10.0 Å². The van der Waals surface area contributed by atoms with Gasteiger partial charge in [0, 0.05) is 32.4 Å². The van der Waals surface area contributed by atoms with Crippen LogP contribution in [-0.2, 0) is 10.0 Å². The largest absolute Gasteiger partial charge is 0.360 e. The van der Waals surface area contributed by atoms with Gasteiger partial charge in [-0.1, -0.05) is 5.16 Å². The Morgan fingerprint density at radius 3 is 2.72 bits per heavy atom. The van der Waals surface area contributed by atoms with Gasteiger partial charge in [0.15, 0.2) is 5.76 Å². The molecule has 25 heavy (non-hydrogen) atoms. The van der Waals surface area contributed by atoms with E-state index in [-0.39, 0.29) is 4.90 Å². The third-order valence-corrected chi connectivity index (χ3v) is 6.37. The van der Waals surface area contributed by atoms with Crippen LogP contribution in [0.25, 0.3) is 0 Å². The SMILES string of the molecule is Cc1noc(C)c1S(=O)(=O)N1CCCN(c2ncccc2C#N)CC1. The van der Waals surface area contributed by atoms with Gasteiger partial charge in [-0.05, 0) is 32.4 Å². The standard InChI is InChI=1S/C16H19N5O3S/c1-12-15(13(2)24-19-12)25(22,23)21-8-4-7-20(9-10-21)16-14(11-17)5-3-6-18-16/h3,5-6H,4,7-10H2,1-2H3. The van der Waals surface area contributed by atoms with Crippen molar-refractivity contribution in [3.05, 3.63) is 35.3 Å². The van der Waals surface area contributed by atoms with E-state index in [4.69, 9.17) is 4.52 Å². The summed E-state index contributed by atoms with van der Waals surface area (Å²) in [6, 6.07) is 5.57. The lowest BCUT2D eigenvalue weighted by Gasteiger charge is -2.23. The quantitative estimate of drug-likeness (QED) is 0.815. The van der Waals surface area contributed by atoms with Gasteiger partial charge in [-0.2, -0.15) is 9.57 Å². The molecule has 0 amide bonds. The molecule has 9 heteroatoms. The predicted molar refractivity (Wildman–Crippen MR) is 90.5 cm³/mol. The van der Waals surface area contributed by atoms with Crippen molar-refractivity contribution in [2.45, 2.75) is 25.2 Å². The van der Waals surface area contributed by atoms with Gasteiger partial charge in [0.05, 0.1) is 5.56 Å². The first-order valence-electron chi connectivity index (χ1n) is 7.98. The summed E-state index contributed by atoms with van der Waals surface area (Å²) in [6.07, 6.45) is 2.28. The highest BCUT2D eigenvalue weighted by atomic mass is 32.2. The Morgan fingerprint density at radius 2 is 2.04 bits per heavy atom. The summed E-state index contributed by atoms with van der Waals surface area (Å²) in [6.45, 7) is 5.05. The zero-order chi connectivity index (χ0) is 18.0. The van der Waals surface area contributed by atoms with Gasteiger partial charge < -0.3 is 9.42 Å². The average Bonchev–Trinajstić information content (AvgIpc) is 2.81. The maximum atomic E-state index is 12.9. The van der Waals surface area contributed by atoms with Crippen LogP contribution in [0.15, 0.2) is 27.7 Å². The number of pyridine rings is 1. The van der Waals surface area contributed by atoms with Crippen molar-refractivity contribution in [2.75, 3.05) is 31.1 Å². The maximum Gasteiger partial charge on any atom is 0.248 e. The highest BCUT2D eigenvalue weighted by molar-refractivity contribution is 7.89. The van der Waals surface area contributed by atoms with E-state index in [2.05, 4.69) is 16.2 Å². The maximum absolute atomic E-state index is 12.9. The Labute approximate surface area is 146 Å². The summed E-state index contributed by atoms with van der Waals surface area (Å²) < 4.78 is 32.4. The van der Waals surface area contributed by atoms with E-state index in [9.17, 15) is 13.7 Å². The van der Waals surface area contributed by atoms with Gasteiger partial charge in [0.2, 0.25) is 10.0 Å². The minimum Gasteiger partial charge on any atom is -0.360 e. The molecule has 1 aliphatic heterocycles. The number of hydrogen-bond donors (Lipinski definition) is 0. The molecular formula is C16H19N5O3S. The van der Waals surface area contributed by atoms with Crippen molar-refractivity contribution in [3.8, 4) is 6.07 Å². The molecule has 1 aliphatic rings. The molecule has 0 atom stereocenters. The fourth-order valence-electron chi connectivity index (χ4n) is 3.05. The van der Waals surface area contributed by atoms with E-state index in [1.165, 1.54) is 4.31 Å². The highest BCUT2D eigenvalue weighted by Gasteiger charge is 2.32. The van der Waals surface area contributed by atoms with E-state index >= 15 is 0 Å². The molecule has 0 radical (unpaired) electrons. The molecular weight excluding hydrogens is 342 g/mol. The number of hydrogen-bond acceptors (Lipinski definition) is 7. The van der Waals surface area contributed by atoms with Gasteiger partial charge in [0.25, 0.3) is 0 Å². The first-order chi connectivity index (χ1) is 11.9. The van der Waals surface area contributed by atoms with E-state index in [1.807, 2.05) is 4.90 Å². The van der Waals surface area contributed by atoms with Crippen LogP contribution >= 0.6 is 0 Å². The minimum absolute atomic E-state index is 0.150. The van der Waals surface area contributed by atoms with Crippen molar-refractivity contribution < 1.29 is 12.9 Å². The van der Waals surface area contributed by atoms with E-state index in [0.29, 0.717) is 55.4 Å². The third kappa shape index (κ3) is 3.23. The topological polar surface area (TPSA) is 103 Å². The second-order valence-electron chi connectivity index (χ2n) is 5.88. The number of rotatable bonds is 3. The van der Waals surface area contributed by atoms with Crippen LogP contribution < -0.4 is 4.90 Å². The Morgan fingerprint density at radius 1 is 1.24 bits per heavy atom. The Bertz CT molecular complexity index is 897. The molecule has 0 aromatic carbocycles. The summed E-state index contributed by atoms with van der Waals surface area (Å²) in [7, 11) is -3.66. The van der Waals surface area contributed by atoms with Crippen molar-refractivity contribution in [1.29, 1.82) is 5.26 Å². The molecule has 3 heterocycles. The van der Waals surface area contributed by atoms with Crippen molar-refractivity contribution in [1.82, 2.24) is 14.4 Å². The lowest BCUT2D eigenvalue weighted by molar-refractivity contribution is 0.389. The molecule has 0 bridgehead atoms. The normalized spacial score (nSPS) is 16.4. The second kappa shape index (κ2) is 6.82. The minimum atomic E-state index is -3.66. The Kier molecular flexibility index (Phi) is 4.74. The zero-order valence-corrected chi connectivity index (χ0v) is 15.0. The van der Waals surface area contributed by atoms with Crippen LogP contribution in [0.1, 0.15) is 23.4 Å². The van der Waals surface area contributed by atoms with Gasteiger partial charge in [-0.3, -0.25) is 0 Å². The van der Waals surface area contributed by atoms with Crippen molar-refractivity contribution in [2.24, 2.45) is 0 Å². The molecule has 1 saturated heterocycles. The van der Waals surface area contributed by atoms with Gasteiger partial charge >= 0.3 is 0 Å². The van der Waals surface area contributed by atoms with Crippen LogP contribution in [0.5, 0.6) is 0 Å². The van der Waals surface area contributed by atoms with Gasteiger partial charge in [0.1, 0.15) is 22.5 Å². The number of sulfonamides is 1. The van der Waals surface area contributed by atoms with Crippen LogP contribution in [0.4, 0.5) is 5.82 Å². The monoisotopic (exact) mass is 361 g/mol. The first-order valence-corrected chi connectivity index (χ1v) is 9.42. The van der Waals surface area contributed by atoms with Crippen LogP contribution in [-0.4, -0.2) is 49.0 Å². The van der Waals surface area contributed by atoms with Crippen molar-refractivity contribution >= 4 is 15.8 Å². The summed E-state index contributed by atoms with van der Waals surface area (Å²) >= 11 is 0. The smallest absolute Gasteiger partial charge is 0.248 e. The molecule has 0 N–H and O–H groups in total. The molecule has 8 nitrogen and oxygen atoms in total.